The minimum absolute atomic E-state index is 0.0185. The smallest absolute Gasteiger partial charge is 0.323 e. The number of aromatic nitrogens is 3. The van der Waals surface area contributed by atoms with E-state index >= 15 is 0 Å². The fraction of sp³-hybridized carbons (Fsp3) is 0.533. The van der Waals surface area contributed by atoms with Gasteiger partial charge in [0, 0.05) is 55.9 Å². The fourth-order valence-electron chi connectivity index (χ4n) is 4.83. The van der Waals surface area contributed by atoms with Gasteiger partial charge in [0.15, 0.2) is 0 Å². The molecule has 3 aromatic rings. The first-order valence-corrected chi connectivity index (χ1v) is 13.9. The molecule has 1 aromatic carbocycles. The second kappa shape index (κ2) is 17.3. The van der Waals surface area contributed by atoms with Crippen LogP contribution in [0.1, 0.15) is 24.1 Å². The van der Waals surface area contributed by atoms with E-state index in [0.29, 0.717) is 12.8 Å². The summed E-state index contributed by atoms with van der Waals surface area (Å²) >= 11 is 0. The molecule has 1 saturated heterocycles. The summed E-state index contributed by atoms with van der Waals surface area (Å²) in [4.78, 5) is 39.8. The summed E-state index contributed by atoms with van der Waals surface area (Å²) in [5, 5.41) is 7.08. The normalized spacial score (nSPS) is 16.0. The number of fused-ring (bicyclic) bond motifs is 1. The van der Waals surface area contributed by atoms with E-state index in [2.05, 4.69) is 48.0 Å². The number of methoxy groups -OCH3 is 3. The number of para-hydroxylation sites is 1. The number of hydrogen-bond donors (Lipinski definition) is 2. The molecule has 2 aromatic heterocycles. The van der Waals surface area contributed by atoms with Crippen molar-refractivity contribution in [3.63, 3.8) is 0 Å². The van der Waals surface area contributed by atoms with Crippen LogP contribution in [-0.2, 0) is 55.5 Å². The molecule has 1 aliphatic heterocycles. The number of carbonyl (C=O) groups is 3. The van der Waals surface area contributed by atoms with Gasteiger partial charge in [-0.2, -0.15) is 0 Å². The molecule has 3 atom stereocenters. The Balaban J connectivity index is 0.000000230. The van der Waals surface area contributed by atoms with E-state index in [1.54, 1.807) is 26.6 Å². The number of imidazole rings is 1. The van der Waals surface area contributed by atoms with E-state index in [4.69, 9.17) is 4.74 Å². The molecule has 0 aliphatic carbocycles. The minimum atomic E-state index is -0.310. The van der Waals surface area contributed by atoms with Crippen molar-refractivity contribution < 1.29 is 28.6 Å². The van der Waals surface area contributed by atoms with E-state index in [1.807, 2.05) is 42.7 Å². The molecule has 2 N–H and O–H groups in total. The number of esters is 3. The van der Waals surface area contributed by atoms with Gasteiger partial charge in [0.25, 0.3) is 0 Å². The van der Waals surface area contributed by atoms with Gasteiger partial charge in [0.1, 0.15) is 18.1 Å². The van der Waals surface area contributed by atoms with Crippen LogP contribution in [0.25, 0.3) is 10.9 Å². The Morgan fingerprint density at radius 3 is 2.05 bits per heavy atom. The number of likely N-dealkylation sites (N-methyl/N-ethyl adjacent to an activating group) is 3. The predicted octanol–water partition coefficient (Wildman–Crippen LogP) is 1.46. The molecule has 1 aliphatic rings. The maximum atomic E-state index is 11.6. The van der Waals surface area contributed by atoms with Gasteiger partial charge in [0.2, 0.25) is 0 Å². The van der Waals surface area contributed by atoms with Gasteiger partial charge in [-0.15, -0.1) is 0 Å². The molecule has 0 saturated carbocycles. The highest BCUT2D eigenvalue weighted by molar-refractivity contribution is 5.85. The summed E-state index contributed by atoms with van der Waals surface area (Å²) in [6, 6.07) is 7.58. The average Bonchev–Trinajstić information content (AvgIpc) is 3.72. The van der Waals surface area contributed by atoms with Crippen LogP contribution in [0.3, 0.4) is 0 Å². The molecule has 42 heavy (non-hydrogen) atoms. The lowest BCUT2D eigenvalue weighted by Crippen LogP contribution is -2.37. The van der Waals surface area contributed by atoms with Gasteiger partial charge in [-0.1, -0.05) is 18.2 Å². The van der Waals surface area contributed by atoms with Crippen molar-refractivity contribution in [3.8, 4) is 0 Å². The van der Waals surface area contributed by atoms with Crippen molar-refractivity contribution in [3.05, 3.63) is 54.2 Å². The number of rotatable bonds is 9. The fourth-order valence-corrected chi connectivity index (χ4v) is 4.83. The van der Waals surface area contributed by atoms with Crippen molar-refractivity contribution in [1.82, 2.24) is 29.7 Å². The summed E-state index contributed by atoms with van der Waals surface area (Å²) in [6.07, 6.45) is 8.79. The van der Waals surface area contributed by atoms with Crippen LogP contribution in [-0.4, -0.2) is 104 Å². The third kappa shape index (κ3) is 9.40. The maximum absolute atomic E-state index is 11.6. The zero-order valence-corrected chi connectivity index (χ0v) is 26.0. The molecule has 0 radical (unpaired) electrons. The summed E-state index contributed by atoms with van der Waals surface area (Å²) in [5.74, 6) is -0.584. The Hall–Kier alpha value is -3.74. The van der Waals surface area contributed by atoms with E-state index in [-0.39, 0.29) is 36.0 Å². The predicted molar refractivity (Wildman–Crippen MR) is 161 cm³/mol. The quantitative estimate of drug-likeness (QED) is 0.281. The maximum Gasteiger partial charge on any atom is 0.323 e. The highest BCUT2D eigenvalue weighted by atomic mass is 16.5. The molecule has 3 heterocycles. The largest absolute Gasteiger partial charge is 0.468 e. The van der Waals surface area contributed by atoms with Crippen molar-refractivity contribution in [2.75, 3.05) is 49.0 Å². The number of aryl methyl sites for hydroxylation is 2. The van der Waals surface area contributed by atoms with Crippen LogP contribution in [0.5, 0.6) is 0 Å². The molecule has 0 amide bonds. The molecule has 0 spiro atoms. The van der Waals surface area contributed by atoms with Crippen LogP contribution in [0, 0.1) is 0 Å². The molecule has 12 heteroatoms. The standard InChI is InChI=1S/C14H18N2O2.C9H15N3O2.C7H13NO2/c1-15-12(14(17)18-3)8-10-9-16(2)13-7-5-4-6-11(10)13;1-10-8(9(13)14-3)4-7-5-11-6-12(7)2;1-8-5-3-4-6(8)7(9)10-2/h4-7,9,12,15H,8H2,1-3H3;5-6,8,10H,4H2,1-3H3;6H,3-5H2,1-2H3. The second-order valence-corrected chi connectivity index (χ2v) is 10.1. The van der Waals surface area contributed by atoms with Crippen LogP contribution in [0.2, 0.25) is 0 Å². The van der Waals surface area contributed by atoms with Crippen molar-refractivity contribution in [2.24, 2.45) is 14.1 Å². The van der Waals surface area contributed by atoms with Gasteiger partial charge < -0.3 is 34.0 Å². The van der Waals surface area contributed by atoms with E-state index in [9.17, 15) is 14.4 Å². The van der Waals surface area contributed by atoms with Gasteiger partial charge in [0.05, 0.1) is 27.7 Å². The van der Waals surface area contributed by atoms with Crippen LogP contribution in [0.15, 0.2) is 43.0 Å². The Labute approximate surface area is 248 Å². The SMILES string of the molecule is CNC(Cc1cn(C)c2ccccc12)C(=O)OC.CNC(Cc1cncn1C)C(=O)OC.COC(=O)C1CCCN1C. The highest BCUT2D eigenvalue weighted by Crippen LogP contribution is 2.21. The molecule has 232 valence electrons. The molecule has 1 fully saturated rings. The third-order valence-electron chi connectivity index (χ3n) is 7.40. The molecular formula is C30H46N6O6. The Morgan fingerprint density at radius 1 is 0.929 bits per heavy atom. The first kappa shape index (κ1) is 34.5. The lowest BCUT2D eigenvalue weighted by molar-refractivity contribution is -0.145. The zero-order valence-electron chi connectivity index (χ0n) is 26.0. The summed E-state index contributed by atoms with van der Waals surface area (Å²) in [6.45, 7) is 1.01. The second-order valence-electron chi connectivity index (χ2n) is 10.1. The molecule has 3 unspecified atom stereocenters. The first-order chi connectivity index (χ1) is 20.1. The number of nitrogens with one attached hydrogen (secondary N) is 2. The molecule has 4 rings (SSSR count). The number of nitrogens with zero attached hydrogens (tertiary/aromatic N) is 4. The number of benzene rings is 1. The van der Waals surface area contributed by atoms with E-state index in [1.165, 1.54) is 32.2 Å². The highest BCUT2D eigenvalue weighted by Gasteiger charge is 2.28. The van der Waals surface area contributed by atoms with Gasteiger partial charge in [-0.25, -0.2) is 4.98 Å². The lowest BCUT2D eigenvalue weighted by Gasteiger charge is -2.15. The topological polar surface area (TPSA) is 129 Å². The summed E-state index contributed by atoms with van der Waals surface area (Å²) in [5.41, 5.74) is 3.32. The van der Waals surface area contributed by atoms with Crippen molar-refractivity contribution >= 4 is 28.8 Å². The molecular weight excluding hydrogens is 540 g/mol. The van der Waals surface area contributed by atoms with E-state index in [0.717, 1.165) is 30.6 Å². The molecule has 0 bridgehead atoms. The number of carbonyl (C=O) groups excluding carboxylic acids is 3. The summed E-state index contributed by atoms with van der Waals surface area (Å²) in [7, 11) is 13.6. The summed E-state index contributed by atoms with van der Waals surface area (Å²) < 4.78 is 18.0. The Morgan fingerprint density at radius 2 is 1.55 bits per heavy atom. The van der Waals surface area contributed by atoms with Crippen LogP contribution < -0.4 is 10.6 Å². The number of hydrogen-bond acceptors (Lipinski definition) is 10. The number of ether oxygens (including phenoxy) is 3. The lowest BCUT2D eigenvalue weighted by atomic mass is 10.1. The van der Waals surface area contributed by atoms with Crippen molar-refractivity contribution in [1.29, 1.82) is 0 Å². The molecule has 12 nitrogen and oxygen atoms in total. The van der Waals surface area contributed by atoms with Crippen LogP contribution in [0.4, 0.5) is 0 Å². The zero-order chi connectivity index (χ0) is 31.2. The van der Waals surface area contributed by atoms with Gasteiger partial charge >= 0.3 is 17.9 Å². The Kier molecular flexibility index (Phi) is 14.2. The Bertz CT molecular complexity index is 1290. The van der Waals surface area contributed by atoms with E-state index < -0.39 is 0 Å². The van der Waals surface area contributed by atoms with Gasteiger partial charge in [-0.3, -0.25) is 19.3 Å². The first-order valence-electron chi connectivity index (χ1n) is 13.9. The number of likely N-dealkylation sites (tertiary alicyclic amines) is 1. The minimum Gasteiger partial charge on any atom is -0.468 e. The van der Waals surface area contributed by atoms with Crippen LogP contribution >= 0.6 is 0 Å². The monoisotopic (exact) mass is 586 g/mol. The van der Waals surface area contributed by atoms with Crippen molar-refractivity contribution in [2.45, 2.75) is 43.8 Å². The average molecular weight is 587 g/mol. The third-order valence-corrected chi connectivity index (χ3v) is 7.40. The van der Waals surface area contributed by atoms with Gasteiger partial charge in [-0.05, 0) is 52.2 Å².